The number of amides is 1. The third kappa shape index (κ3) is 6.99. The number of hydrogen-bond acceptors (Lipinski definition) is 7. The molecule has 1 amide bonds. The number of esters is 1. The van der Waals surface area contributed by atoms with Crippen LogP contribution in [0.5, 0.6) is 17.2 Å². The summed E-state index contributed by atoms with van der Waals surface area (Å²) in [6.07, 6.45) is 1.42. The van der Waals surface area contributed by atoms with Gasteiger partial charge in [-0.25, -0.2) is 10.2 Å². The maximum Gasteiger partial charge on any atom is 0.344 e. The number of carbonyl (C=O) groups is 2. The van der Waals surface area contributed by atoms with Crippen LogP contribution in [0.3, 0.4) is 0 Å². The van der Waals surface area contributed by atoms with Crippen LogP contribution in [0.4, 0.5) is 0 Å². The van der Waals surface area contributed by atoms with Gasteiger partial charge < -0.3 is 18.9 Å². The molecule has 0 atom stereocenters. The van der Waals surface area contributed by atoms with Gasteiger partial charge in [-0.3, -0.25) is 4.79 Å². The highest BCUT2D eigenvalue weighted by molar-refractivity contribution is 5.85. The molecule has 28 heavy (non-hydrogen) atoms. The standard InChI is InChI=1S/C20H22N2O6/c1-3-26-20(24)14-28-18-7-5-4-6-15(18)12-21-22-19(23)13-27-17-10-8-16(25-2)9-11-17/h4-12H,3,13-14H2,1-2H3,(H,22,23)/b21-12-. The minimum atomic E-state index is -0.460. The molecular weight excluding hydrogens is 364 g/mol. The van der Waals surface area contributed by atoms with E-state index in [0.717, 1.165) is 0 Å². The van der Waals surface area contributed by atoms with E-state index in [2.05, 4.69) is 10.5 Å². The molecule has 0 aliphatic carbocycles. The fraction of sp³-hybridized carbons (Fsp3) is 0.250. The van der Waals surface area contributed by atoms with E-state index in [9.17, 15) is 9.59 Å². The molecule has 8 heteroatoms. The van der Waals surface area contributed by atoms with Crippen molar-refractivity contribution in [2.24, 2.45) is 5.10 Å². The molecule has 2 rings (SSSR count). The first-order valence-electron chi connectivity index (χ1n) is 8.58. The van der Waals surface area contributed by atoms with E-state index in [4.69, 9.17) is 18.9 Å². The van der Waals surface area contributed by atoms with Crippen molar-refractivity contribution in [2.75, 3.05) is 26.9 Å². The lowest BCUT2D eigenvalue weighted by Gasteiger charge is -2.08. The predicted octanol–water partition coefficient (Wildman–Crippen LogP) is 2.17. The number of rotatable bonds is 10. The third-order valence-corrected chi connectivity index (χ3v) is 3.39. The normalized spacial score (nSPS) is 10.4. The van der Waals surface area contributed by atoms with Crippen LogP contribution in [0.15, 0.2) is 53.6 Å². The van der Waals surface area contributed by atoms with Crippen molar-refractivity contribution in [3.05, 3.63) is 54.1 Å². The van der Waals surface area contributed by atoms with E-state index in [1.165, 1.54) is 6.21 Å². The predicted molar refractivity (Wildman–Crippen MR) is 103 cm³/mol. The van der Waals surface area contributed by atoms with Crippen molar-refractivity contribution in [3.63, 3.8) is 0 Å². The summed E-state index contributed by atoms with van der Waals surface area (Å²) in [5.41, 5.74) is 2.97. The van der Waals surface area contributed by atoms with Gasteiger partial charge in [0.05, 0.1) is 19.9 Å². The summed E-state index contributed by atoms with van der Waals surface area (Å²) in [5.74, 6) is 0.807. The Morgan fingerprint density at radius 3 is 2.43 bits per heavy atom. The van der Waals surface area contributed by atoms with Crippen LogP contribution in [0.1, 0.15) is 12.5 Å². The highest BCUT2D eigenvalue weighted by Gasteiger charge is 2.06. The second-order valence-corrected chi connectivity index (χ2v) is 5.39. The summed E-state index contributed by atoms with van der Waals surface area (Å²) in [6, 6.07) is 13.8. The summed E-state index contributed by atoms with van der Waals surface area (Å²) in [6.45, 7) is 1.61. The Balaban J connectivity index is 1.82. The monoisotopic (exact) mass is 386 g/mol. The average molecular weight is 386 g/mol. The molecule has 0 aliphatic rings. The quantitative estimate of drug-likeness (QED) is 0.382. The molecule has 0 saturated carbocycles. The highest BCUT2D eigenvalue weighted by atomic mass is 16.6. The molecule has 0 heterocycles. The Kier molecular flexibility index (Phi) is 8.32. The second kappa shape index (κ2) is 11.2. The average Bonchev–Trinajstić information content (AvgIpc) is 2.72. The lowest BCUT2D eigenvalue weighted by atomic mass is 10.2. The zero-order valence-corrected chi connectivity index (χ0v) is 15.7. The Hall–Kier alpha value is -3.55. The van der Waals surface area contributed by atoms with Crippen LogP contribution >= 0.6 is 0 Å². The molecule has 8 nitrogen and oxygen atoms in total. The summed E-state index contributed by atoms with van der Waals surface area (Å²) in [4.78, 5) is 23.2. The molecule has 0 spiro atoms. The van der Waals surface area contributed by atoms with Crippen LogP contribution in [-0.2, 0) is 14.3 Å². The Bertz CT molecular complexity index is 805. The lowest BCUT2D eigenvalue weighted by Crippen LogP contribution is -2.24. The lowest BCUT2D eigenvalue weighted by molar-refractivity contribution is -0.145. The number of hydrogen-bond donors (Lipinski definition) is 1. The molecule has 2 aromatic rings. The fourth-order valence-corrected chi connectivity index (χ4v) is 2.08. The van der Waals surface area contributed by atoms with Gasteiger partial charge in [0.2, 0.25) is 0 Å². The molecule has 148 valence electrons. The van der Waals surface area contributed by atoms with Crippen molar-refractivity contribution in [3.8, 4) is 17.2 Å². The molecule has 0 aromatic heterocycles. The van der Waals surface area contributed by atoms with Crippen molar-refractivity contribution >= 4 is 18.1 Å². The van der Waals surface area contributed by atoms with Crippen LogP contribution in [0.25, 0.3) is 0 Å². The fourth-order valence-electron chi connectivity index (χ4n) is 2.08. The van der Waals surface area contributed by atoms with Crippen LogP contribution in [0, 0.1) is 0 Å². The van der Waals surface area contributed by atoms with Crippen LogP contribution < -0.4 is 19.6 Å². The third-order valence-electron chi connectivity index (χ3n) is 3.39. The van der Waals surface area contributed by atoms with Crippen LogP contribution in [-0.4, -0.2) is 45.0 Å². The maximum atomic E-state index is 11.8. The van der Waals surface area contributed by atoms with Crippen molar-refractivity contribution < 1.29 is 28.5 Å². The minimum Gasteiger partial charge on any atom is -0.497 e. The smallest absolute Gasteiger partial charge is 0.344 e. The summed E-state index contributed by atoms with van der Waals surface area (Å²) in [5, 5.41) is 3.88. The minimum absolute atomic E-state index is 0.190. The number of para-hydroxylation sites is 1. The van der Waals surface area contributed by atoms with Crippen molar-refractivity contribution in [1.82, 2.24) is 5.43 Å². The van der Waals surface area contributed by atoms with Gasteiger partial charge in [-0.05, 0) is 43.3 Å². The molecule has 2 aromatic carbocycles. The van der Waals surface area contributed by atoms with Gasteiger partial charge in [0.15, 0.2) is 13.2 Å². The van der Waals surface area contributed by atoms with E-state index in [-0.39, 0.29) is 19.8 Å². The van der Waals surface area contributed by atoms with Gasteiger partial charge in [0, 0.05) is 5.56 Å². The van der Waals surface area contributed by atoms with Gasteiger partial charge >= 0.3 is 5.97 Å². The molecule has 0 unspecified atom stereocenters. The molecule has 0 aliphatic heterocycles. The Labute approximate surface area is 163 Å². The zero-order chi connectivity index (χ0) is 20.2. The van der Waals surface area contributed by atoms with Gasteiger partial charge in [-0.15, -0.1) is 0 Å². The first-order chi connectivity index (χ1) is 13.6. The molecular formula is C20H22N2O6. The molecule has 0 saturated heterocycles. The van der Waals surface area contributed by atoms with E-state index in [1.54, 1.807) is 62.6 Å². The topological polar surface area (TPSA) is 95.5 Å². The summed E-state index contributed by atoms with van der Waals surface area (Å²) in [7, 11) is 1.57. The number of nitrogens with one attached hydrogen (secondary N) is 1. The summed E-state index contributed by atoms with van der Waals surface area (Å²) < 4.78 is 20.7. The van der Waals surface area contributed by atoms with E-state index >= 15 is 0 Å². The number of benzene rings is 2. The van der Waals surface area contributed by atoms with E-state index in [1.807, 2.05) is 0 Å². The van der Waals surface area contributed by atoms with Crippen molar-refractivity contribution in [2.45, 2.75) is 6.92 Å². The molecule has 0 bridgehead atoms. The Morgan fingerprint density at radius 1 is 1.00 bits per heavy atom. The molecule has 1 N–H and O–H groups in total. The molecule has 0 fully saturated rings. The van der Waals surface area contributed by atoms with Gasteiger partial charge in [0.25, 0.3) is 5.91 Å². The first kappa shape index (κ1) is 20.8. The maximum absolute atomic E-state index is 11.8. The number of ether oxygens (including phenoxy) is 4. The van der Waals surface area contributed by atoms with Crippen molar-refractivity contribution in [1.29, 1.82) is 0 Å². The Morgan fingerprint density at radius 2 is 1.71 bits per heavy atom. The zero-order valence-electron chi connectivity index (χ0n) is 15.7. The first-order valence-corrected chi connectivity index (χ1v) is 8.58. The highest BCUT2D eigenvalue weighted by Crippen LogP contribution is 2.17. The number of hydrazone groups is 1. The van der Waals surface area contributed by atoms with E-state index < -0.39 is 11.9 Å². The number of methoxy groups -OCH3 is 1. The largest absolute Gasteiger partial charge is 0.497 e. The summed E-state index contributed by atoms with van der Waals surface area (Å²) >= 11 is 0. The van der Waals surface area contributed by atoms with Gasteiger partial charge in [-0.2, -0.15) is 5.10 Å². The second-order valence-electron chi connectivity index (χ2n) is 5.39. The van der Waals surface area contributed by atoms with Gasteiger partial charge in [0.1, 0.15) is 17.2 Å². The van der Waals surface area contributed by atoms with Crippen LogP contribution in [0.2, 0.25) is 0 Å². The van der Waals surface area contributed by atoms with Gasteiger partial charge in [-0.1, -0.05) is 12.1 Å². The number of nitrogens with zero attached hydrogens (tertiary/aromatic N) is 1. The SMILES string of the molecule is CCOC(=O)COc1ccccc1/C=N\NC(=O)COc1ccc(OC)cc1. The van der Waals surface area contributed by atoms with E-state index in [0.29, 0.717) is 22.8 Å². The number of carbonyl (C=O) groups excluding carboxylic acids is 2. The molecule has 0 radical (unpaired) electrons.